The second kappa shape index (κ2) is 8.05. The van der Waals surface area contributed by atoms with E-state index < -0.39 is 0 Å². The summed E-state index contributed by atoms with van der Waals surface area (Å²) in [4.78, 5) is 24.6. The second-order valence-electron chi connectivity index (χ2n) is 3.24. The van der Waals surface area contributed by atoms with Gasteiger partial charge in [0.25, 0.3) is 0 Å². The molecule has 1 amide bonds. The number of ketones is 1. The van der Waals surface area contributed by atoms with E-state index in [1.165, 1.54) is 0 Å². The third-order valence-corrected chi connectivity index (χ3v) is 4.12. The van der Waals surface area contributed by atoms with Crippen molar-refractivity contribution in [3.8, 4) is 0 Å². The Bertz CT molecular complexity index is 221. The largest absolute Gasteiger partial charge is 0.336 e. The summed E-state index contributed by atoms with van der Waals surface area (Å²) in [6, 6.07) is -0.290. The molecule has 0 radical (unpaired) electrons. The summed E-state index contributed by atoms with van der Waals surface area (Å²) in [6.45, 7) is 3.60. The maximum atomic E-state index is 11.6. The van der Waals surface area contributed by atoms with Crippen LogP contribution < -0.4 is 0 Å². The number of hydrogen-bond acceptors (Lipinski definition) is 4. The highest BCUT2D eigenvalue weighted by atomic mass is 33.1. The Hall–Kier alpha value is -0.160. The monoisotopic (exact) mass is 249 g/mol. The van der Waals surface area contributed by atoms with Gasteiger partial charge in [-0.05, 0) is 13.2 Å². The highest BCUT2D eigenvalue weighted by Gasteiger charge is 2.20. The quantitative estimate of drug-likeness (QED) is 0.512. The topological polar surface area (TPSA) is 37.4 Å². The lowest BCUT2D eigenvalue weighted by atomic mass is 10.1. The van der Waals surface area contributed by atoms with E-state index in [2.05, 4.69) is 0 Å². The zero-order valence-electron chi connectivity index (χ0n) is 9.78. The summed E-state index contributed by atoms with van der Waals surface area (Å²) in [6.07, 6.45) is 2.98. The van der Waals surface area contributed by atoms with Crippen LogP contribution in [-0.2, 0) is 9.59 Å². The zero-order chi connectivity index (χ0) is 11.8. The normalized spacial score (nSPS) is 12.3. The maximum absolute atomic E-state index is 11.6. The molecule has 0 spiro atoms. The Labute approximate surface area is 99.8 Å². The van der Waals surface area contributed by atoms with Gasteiger partial charge in [0.1, 0.15) is 0 Å². The highest BCUT2D eigenvalue weighted by Crippen LogP contribution is 2.18. The average Bonchev–Trinajstić information content (AvgIpc) is 2.26. The van der Waals surface area contributed by atoms with Crippen LogP contribution in [-0.4, -0.2) is 41.7 Å². The first-order valence-corrected chi connectivity index (χ1v) is 7.71. The van der Waals surface area contributed by atoms with Crippen LogP contribution in [0.4, 0.5) is 0 Å². The Morgan fingerprint density at radius 1 is 1.40 bits per heavy atom. The van der Waals surface area contributed by atoms with Crippen LogP contribution in [0, 0.1) is 0 Å². The van der Waals surface area contributed by atoms with E-state index in [9.17, 15) is 9.59 Å². The van der Waals surface area contributed by atoms with Crippen LogP contribution in [0.5, 0.6) is 0 Å². The van der Waals surface area contributed by atoms with Gasteiger partial charge in [0.2, 0.25) is 5.91 Å². The van der Waals surface area contributed by atoms with Crippen LogP contribution in [0.15, 0.2) is 0 Å². The van der Waals surface area contributed by atoms with Gasteiger partial charge in [-0.25, -0.2) is 0 Å². The van der Waals surface area contributed by atoms with E-state index in [-0.39, 0.29) is 17.7 Å². The average molecular weight is 249 g/mol. The molecule has 0 heterocycles. The molecule has 0 N–H and O–H groups in total. The lowest BCUT2D eigenvalue weighted by Gasteiger charge is -2.23. The molecule has 1 atom stereocenters. The van der Waals surface area contributed by atoms with Crippen molar-refractivity contribution in [3.05, 3.63) is 0 Å². The van der Waals surface area contributed by atoms with Crippen molar-refractivity contribution < 1.29 is 9.59 Å². The number of carbonyl (C=O) groups excluding carboxylic acids is 2. The molecule has 0 aromatic rings. The van der Waals surface area contributed by atoms with Crippen LogP contribution >= 0.6 is 21.6 Å². The number of nitrogens with zero attached hydrogens (tertiary/aromatic N) is 1. The Balaban J connectivity index is 4.02. The van der Waals surface area contributed by atoms with Crippen molar-refractivity contribution in [3.63, 3.8) is 0 Å². The molecule has 0 aromatic heterocycles. The predicted molar refractivity (Wildman–Crippen MR) is 68.1 cm³/mol. The standard InChI is InChI=1S/C10H19NO2S2/c1-5-9(12)8(2)11(3)10(13)6-7-15-14-4/h8H,5-7H2,1-4H3/t8-/m0/s1. The molecule has 0 aliphatic rings. The van der Waals surface area contributed by atoms with Crippen molar-refractivity contribution >= 4 is 33.3 Å². The Morgan fingerprint density at radius 2 is 2.00 bits per heavy atom. The molecule has 3 nitrogen and oxygen atoms in total. The van der Waals surface area contributed by atoms with Gasteiger partial charge in [0.05, 0.1) is 6.04 Å². The van der Waals surface area contributed by atoms with Crippen molar-refractivity contribution in [1.82, 2.24) is 4.90 Å². The summed E-state index contributed by atoms with van der Waals surface area (Å²) in [5, 5.41) is 0. The third kappa shape index (κ3) is 5.47. The van der Waals surface area contributed by atoms with Crippen LogP contribution in [0.3, 0.4) is 0 Å². The van der Waals surface area contributed by atoms with Crippen LogP contribution in [0.2, 0.25) is 0 Å². The van der Waals surface area contributed by atoms with Crippen LogP contribution in [0.1, 0.15) is 26.7 Å². The first kappa shape index (κ1) is 14.8. The molecule has 0 aliphatic carbocycles. The van der Waals surface area contributed by atoms with Crippen LogP contribution in [0.25, 0.3) is 0 Å². The van der Waals surface area contributed by atoms with E-state index >= 15 is 0 Å². The summed E-state index contributed by atoms with van der Waals surface area (Å²) >= 11 is 0. The number of amides is 1. The van der Waals surface area contributed by atoms with E-state index in [1.807, 2.05) is 13.2 Å². The Morgan fingerprint density at radius 3 is 2.47 bits per heavy atom. The first-order chi connectivity index (χ1) is 7.04. The molecule has 0 rings (SSSR count). The molecule has 0 bridgehead atoms. The van der Waals surface area contributed by atoms with Gasteiger partial charge in [-0.2, -0.15) is 0 Å². The number of Topliss-reactive ketones (excluding diaryl/α,β-unsaturated/α-hetero) is 1. The minimum Gasteiger partial charge on any atom is -0.336 e. The van der Waals surface area contributed by atoms with E-state index in [0.29, 0.717) is 12.8 Å². The third-order valence-electron chi connectivity index (χ3n) is 2.31. The lowest BCUT2D eigenvalue weighted by molar-refractivity contribution is -0.137. The maximum Gasteiger partial charge on any atom is 0.223 e. The van der Waals surface area contributed by atoms with Gasteiger partial charge in [-0.15, -0.1) is 0 Å². The van der Waals surface area contributed by atoms with Crippen molar-refractivity contribution in [2.24, 2.45) is 0 Å². The minimum atomic E-state index is -0.290. The summed E-state index contributed by atoms with van der Waals surface area (Å²) in [7, 11) is 5.02. The zero-order valence-corrected chi connectivity index (χ0v) is 11.4. The molecule has 88 valence electrons. The summed E-state index contributed by atoms with van der Waals surface area (Å²) < 4.78 is 0. The molecular weight excluding hydrogens is 230 g/mol. The lowest BCUT2D eigenvalue weighted by Crippen LogP contribution is -2.40. The van der Waals surface area contributed by atoms with Crippen molar-refractivity contribution in [2.45, 2.75) is 32.7 Å². The summed E-state index contributed by atoms with van der Waals surface area (Å²) in [5.41, 5.74) is 0. The number of hydrogen-bond donors (Lipinski definition) is 0. The molecule has 0 fully saturated rings. The first-order valence-electron chi connectivity index (χ1n) is 4.98. The van der Waals surface area contributed by atoms with Gasteiger partial charge in [0, 0.05) is 25.6 Å². The highest BCUT2D eigenvalue weighted by molar-refractivity contribution is 8.76. The van der Waals surface area contributed by atoms with Gasteiger partial charge < -0.3 is 4.90 Å². The molecule has 0 aliphatic heterocycles. The van der Waals surface area contributed by atoms with Crippen molar-refractivity contribution in [2.75, 3.05) is 19.1 Å². The predicted octanol–water partition coefficient (Wildman–Crippen LogP) is 2.21. The number of likely N-dealkylation sites (N-methyl/N-ethyl adjacent to an activating group) is 1. The van der Waals surface area contributed by atoms with Gasteiger partial charge in [-0.3, -0.25) is 9.59 Å². The van der Waals surface area contributed by atoms with E-state index in [4.69, 9.17) is 0 Å². The van der Waals surface area contributed by atoms with E-state index in [1.54, 1.807) is 40.5 Å². The fraction of sp³-hybridized carbons (Fsp3) is 0.800. The molecule has 0 unspecified atom stereocenters. The Kier molecular flexibility index (Phi) is 7.96. The smallest absolute Gasteiger partial charge is 0.223 e. The molecule has 0 aromatic carbocycles. The number of rotatable bonds is 7. The second-order valence-corrected chi connectivity index (χ2v) is 5.92. The molecular formula is C10H19NO2S2. The molecule has 0 saturated carbocycles. The molecule has 5 heteroatoms. The number of carbonyl (C=O) groups is 2. The molecule has 0 saturated heterocycles. The minimum absolute atomic E-state index is 0.0471. The fourth-order valence-electron chi connectivity index (χ4n) is 1.12. The summed E-state index contributed by atoms with van der Waals surface area (Å²) in [5.74, 6) is 0.964. The fourth-order valence-corrected chi connectivity index (χ4v) is 2.29. The van der Waals surface area contributed by atoms with Gasteiger partial charge >= 0.3 is 0 Å². The SMILES string of the molecule is CCC(=O)[C@H](C)N(C)C(=O)CCSSC. The van der Waals surface area contributed by atoms with Crippen molar-refractivity contribution in [1.29, 1.82) is 0 Å². The van der Waals surface area contributed by atoms with Gasteiger partial charge in [-0.1, -0.05) is 28.5 Å². The molecule has 15 heavy (non-hydrogen) atoms. The van der Waals surface area contributed by atoms with Gasteiger partial charge in [0.15, 0.2) is 5.78 Å². The van der Waals surface area contributed by atoms with E-state index in [0.717, 1.165) is 5.75 Å².